The molecule has 2 aliphatic carbocycles. The van der Waals surface area contributed by atoms with Gasteiger partial charge in [0.2, 0.25) is 10.0 Å². The van der Waals surface area contributed by atoms with E-state index in [1.54, 1.807) is 6.08 Å². The van der Waals surface area contributed by atoms with Crippen molar-refractivity contribution in [3.63, 3.8) is 0 Å². The standard InChI is InChI=1S/C10H14FNO3S/c1-16(13,14)12-10-6-8(4-5-9(10)11)15-7-2-3-7/h4-5,7,10,12H,2-3,6H2,1H3. The average molecular weight is 247 g/mol. The van der Waals surface area contributed by atoms with Crippen molar-refractivity contribution in [3.05, 3.63) is 23.7 Å². The minimum Gasteiger partial charge on any atom is -0.495 e. The van der Waals surface area contributed by atoms with Crippen LogP contribution in [-0.4, -0.2) is 26.8 Å². The second kappa shape index (κ2) is 4.18. The van der Waals surface area contributed by atoms with Crippen molar-refractivity contribution in [2.75, 3.05) is 6.26 Å². The second-order valence-electron chi connectivity index (χ2n) is 4.15. The van der Waals surface area contributed by atoms with Gasteiger partial charge in [0.1, 0.15) is 5.83 Å². The minimum atomic E-state index is -3.41. The molecule has 4 nitrogen and oxygen atoms in total. The fourth-order valence-electron chi connectivity index (χ4n) is 1.50. The molecule has 0 saturated heterocycles. The van der Waals surface area contributed by atoms with Gasteiger partial charge in [0.05, 0.1) is 24.2 Å². The quantitative estimate of drug-likeness (QED) is 0.812. The number of hydrogen-bond donors (Lipinski definition) is 1. The van der Waals surface area contributed by atoms with Crippen LogP contribution in [0.5, 0.6) is 0 Å². The van der Waals surface area contributed by atoms with Gasteiger partial charge in [-0.1, -0.05) is 0 Å². The normalized spacial score (nSPS) is 26.0. The van der Waals surface area contributed by atoms with E-state index in [9.17, 15) is 12.8 Å². The Morgan fingerprint density at radius 1 is 1.44 bits per heavy atom. The van der Waals surface area contributed by atoms with E-state index in [4.69, 9.17) is 4.74 Å². The first kappa shape index (κ1) is 11.6. The molecule has 0 spiro atoms. The summed E-state index contributed by atoms with van der Waals surface area (Å²) in [6.07, 6.45) is 6.35. The zero-order valence-corrected chi connectivity index (χ0v) is 9.76. The summed E-state index contributed by atoms with van der Waals surface area (Å²) in [6, 6.07) is -0.825. The molecule has 90 valence electrons. The molecule has 0 heterocycles. The molecular formula is C10H14FNO3S. The number of halogens is 1. The Kier molecular flexibility index (Phi) is 3.03. The molecule has 16 heavy (non-hydrogen) atoms. The van der Waals surface area contributed by atoms with E-state index >= 15 is 0 Å². The van der Waals surface area contributed by atoms with Crippen LogP contribution in [0.15, 0.2) is 23.7 Å². The molecule has 0 aliphatic heterocycles. The largest absolute Gasteiger partial charge is 0.495 e. The molecule has 0 aromatic carbocycles. The van der Waals surface area contributed by atoms with Crippen LogP contribution in [0.25, 0.3) is 0 Å². The van der Waals surface area contributed by atoms with Gasteiger partial charge in [0, 0.05) is 6.42 Å². The van der Waals surface area contributed by atoms with Crippen LogP contribution >= 0.6 is 0 Å². The first-order chi connectivity index (χ1) is 7.44. The molecule has 1 saturated carbocycles. The number of sulfonamides is 1. The van der Waals surface area contributed by atoms with Gasteiger partial charge in [-0.2, -0.15) is 0 Å². The fraction of sp³-hybridized carbons (Fsp3) is 0.600. The fourth-order valence-corrected chi connectivity index (χ4v) is 2.21. The topological polar surface area (TPSA) is 55.4 Å². The lowest BCUT2D eigenvalue weighted by Gasteiger charge is -2.21. The lowest BCUT2D eigenvalue weighted by Crippen LogP contribution is -2.36. The van der Waals surface area contributed by atoms with Crippen LogP contribution in [0, 0.1) is 0 Å². The maximum absolute atomic E-state index is 13.3. The zero-order valence-electron chi connectivity index (χ0n) is 8.94. The number of nitrogens with one attached hydrogen (secondary N) is 1. The van der Waals surface area contributed by atoms with Crippen molar-refractivity contribution in [1.82, 2.24) is 4.72 Å². The monoisotopic (exact) mass is 247 g/mol. The summed E-state index contributed by atoms with van der Waals surface area (Å²) in [5, 5.41) is 0. The number of rotatable bonds is 4. The van der Waals surface area contributed by atoms with Crippen LogP contribution in [0.2, 0.25) is 0 Å². The molecule has 6 heteroatoms. The van der Waals surface area contributed by atoms with Crippen LogP contribution < -0.4 is 4.72 Å². The molecule has 1 N–H and O–H groups in total. The van der Waals surface area contributed by atoms with Gasteiger partial charge in [-0.3, -0.25) is 0 Å². The lowest BCUT2D eigenvalue weighted by atomic mass is 10.1. The maximum Gasteiger partial charge on any atom is 0.209 e. The molecule has 1 fully saturated rings. The van der Waals surface area contributed by atoms with Gasteiger partial charge in [0.15, 0.2) is 0 Å². The van der Waals surface area contributed by atoms with E-state index in [0.717, 1.165) is 19.1 Å². The summed E-state index contributed by atoms with van der Waals surface area (Å²) in [6.45, 7) is 0. The Morgan fingerprint density at radius 3 is 2.69 bits per heavy atom. The van der Waals surface area contributed by atoms with E-state index in [0.29, 0.717) is 5.76 Å². The second-order valence-corrected chi connectivity index (χ2v) is 5.93. The van der Waals surface area contributed by atoms with E-state index in [1.807, 2.05) is 0 Å². The molecule has 0 aromatic heterocycles. The lowest BCUT2D eigenvalue weighted by molar-refractivity contribution is 0.180. The van der Waals surface area contributed by atoms with Crippen LogP contribution in [0.4, 0.5) is 4.39 Å². The summed E-state index contributed by atoms with van der Waals surface area (Å²) in [7, 11) is -3.41. The van der Waals surface area contributed by atoms with Crippen molar-refractivity contribution in [1.29, 1.82) is 0 Å². The smallest absolute Gasteiger partial charge is 0.209 e. The van der Waals surface area contributed by atoms with Crippen LogP contribution in [-0.2, 0) is 14.8 Å². The summed E-state index contributed by atoms with van der Waals surface area (Å²) in [5.41, 5.74) is 0. The van der Waals surface area contributed by atoms with Crippen molar-refractivity contribution in [2.45, 2.75) is 31.4 Å². The first-order valence-electron chi connectivity index (χ1n) is 5.14. The van der Waals surface area contributed by atoms with Crippen molar-refractivity contribution >= 4 is 10.0 Å². The summed E-state index contributed by atoms with van der Waals surface area (Å²) in [5.74, 6) is 0.165. The Balaban J connectivity index is 2.00. The number of ether oxygens (including phenoxy) is 1. The SMILES string of the molecule is CS(=O)(=O)NC1CC(OC2CC2)=CC=C1F. The van der Waals surface area contributed by atoms with E-state index in [1.165, 1.54) is 6.08 Å². The van der Waals surface area contributed by atoms with Gasteiger partial charge in [-0.15, -0.1) is 0 Å². The van der Waals surface area contributed by atoms with E-state index in [-0.39, 0.29) is 12.5 Å². The summed E-state index contributed by atoms with van der Waals surface area (Å²) < 4.78 is 43.1. The van der Waals surface area contributed by atoms with Crippen molar-refractivity contribution in [2.24, 2.45) is 0 Å². The van der Waals surface area contributed by atoms with Gasteiger partial charge < -0.3 is 4.74 Å². The van der Waals surface area contributed by atoms with Gasteiger partial charge >= 0.3 is 0 Å². The summed E-state index contributed by atoms with van der Waals surface area (Å²) >= 11 is 0. The Hall–Kier alpha value is -0.880. The Morgan fingerprint density at radius 2 is 2.12 bits per heavy atom. The van der Waals surface area contributed by atoms with Crippen molar-refractivity contribution in [3.8, 4) is 0 Å². The third-order valence-corrected chi connectivity index (χ3v) is 3.08. The Bertz CT molecular complexity index is 437. The van der Waals surface area contributed by atoms with Gasteiger partial charge in [0.25, 0.3) is 0 Å². The molecule has 1 atom stereocenters. The third-order valence-electron chi connectivity index (χ3n) is 2.37. The zero-order chi connectivity index (χ0) is 11.8. The average Bonchev–Trinajstić information content (AvgIpc) is 2.92. The summed E-state index contributed by atoms with van der Waals surface area (Å²) in [4.78, 5) is 0. The molecule has 0 aromatic rings. The molecule has 0 amide bonds. The highest BCUT2D eigenvalue weighted by Crippen LogP contribution is 2.30. The first-order valence-corrected chi connectivity index (χ1v) is 7.03. The molecular weight excluding hydrogens is 233 g/mol. The van der Waals surface area contributed by atoms with Crippen LogP contribution in [0.1, 0.15) is 19.3 Å². The van der Waals surface area contributed by atoms with E-state index < -0.39 is 21.9 Å². The predicted molar refractivity (Wildman–Crippen MR) is 57.8 cm³/mol. The van der Waals surface area contributed by atoms with Crippen LogP contribution in [0.3, 0.4) is 0 Å². The highest BCUT2D eigenvalue weighted by atomic mass is 32.2. The molecule has 2 aliphatic rings. The molecule has 1 unspecified atom stereocenters. The third kappa shape index (κ3) is 3.31. The highest BCUT2D eigenvalue weighted by Gasteiger charge is 2.28. The number of hydrogen-bond acceptors (Lipinski definition) is 3. The molecule has 2 rings (SSSR count). The molecule has 0 bridgehead atoms. The van der Waals surface area contributed by atoms with Gasteiger partial charge in [-0.25, -0.2) is 17.5 Å². The minimum absolute atomic E-state index is 0.236. The van der Waals surface area contributed by atoms with Crippen molar-refractivity contribution < 1.29 is 17.5 Å². The highest BCUT2D eigenvalue weighted by molar-refractivity contribution is 7.88. The maximum atomic E-state index is 13.3. The Labute approximate surface area is 94.2 Å². The van der Waals surface area contributed by atoms with E-state index in [2.05, 4.69) is 4.72 Å². The van der Waals surface area contributed by atoms with Gasteiger partial charge in [-0.05, 0) is 25.0 Å². The molecule has 0 radical (unpaired) electrons. The predicted octanol–water partition coefficient (Wildman–Crippen LogP) is 1.22. The number of allylic oxidation sites excluding steroid dienone is 2.